The van der Waals surface area contributed by atoms with E-state index in [2.05, 4.69) is 20.8 Å². The summed E-state index contributed by atoms with van der Waals surface area (Å²) in [4.78, 5) is 0. The second-order valence-electron chi connectivity index (χ2n) is 7.09. The van der Waals surface area contributed by atoms with Gasteiger partial charge >= 0.3 is 0 Å². The third-order valence-corrected chi connectivity index (χ3v) is 5.64. The smallest absolute Gasteiger partial charge is 0.0568 e. The Balaban J connectivity index is 1.78. The van der Waals surface area contributed by atoms with Crippen molar-refractivity contribution in [3.8, 4) is 0 Å². The summed E-state index contributed by atoms with van der Waals surface area (Å²) in [5.41, 5.74) is 0. The maximum Gasteiger partial charge on any atom is 0.0568 e. The summed E-state index contributed by atoms with van der Waals surface area (Å²) in [7, 11) is 0. The number of aliphatic hydroxyl groups excluding tert-OH is 1. The molecular weight excluding hydrogens is 208 g/mol. The van der Waals surface area contributed by atoms with Gasteiger partial charge in [-0.25, -0.2) is 0 Å². The van der Waals surface area contributed by atoms with E-state index in [1.807, 2.05) is 0 Å². The molecule has 2 aliphatic rings. The summed E-state index contributed by atoms with van der Waals surface area (Å²) < 4.78 is 0. The van der Waals surface area contributed by atoms with Gasteiger partial charge in [-0.15, -0.1) is 0 Å². The zero-order chi connectivity index (χ0) is 12.4. The molecule has 2 aliphatic carbocycles. The van der Waals surface area contributed by atoms with Gasteiger partial charge in [0, 0.05) is 0 Å². The lowest BCUT2D eigenvalue weighted by Crippen LogP contribution is -2.30. The Morgan fingerprint density at radius 2 is 1.35 bits per heavy atom. The Labute approximate surface area is 107 Å². The van der Waals surface area contributed by atoms with Crippen LogP contribution in [0.4, 0.5) is 0 Å². The third kappa shape index (κ3) is 3.47. The van der Waals surface area contributed by atoms with Crippen molar-refractivity contribution in [2.45, 2.75) is 71.8 Å². The van der Waals surface area contributed by atoms with Gasteiger partial charge in [0.15, 0.2) is 0 Å². The minimum absolute atomic E-state index is 0.0197. The quantitative estimate of drug-likeness (QED) is 0.762. The van der Waals surface area contributed by atoms with Crippen LogP contribution in [0.15, 0.2) is 0 Å². The van der Waals surface area contributed by atoms with E-state index in [9.17, 15) is 5.11 Å². The van der Waals surface area contributed by atoms with Crippen LogP contribution in [-0.2, 0) is 0 Å². The number of rotatable bonds is 2. The third-order valence-electron chi connectivity index (χ3n) is 5.64. The van der Waals surface area contributed by atoms with Crippen LogP contribution in [-0.4, -0.2) is 11.2 Å². The van der Waals surface area contributed by atoms with Crippen LogP contribution in [0.3, 0.4) is 0 Å². The molecule has 1 N–H and O–H groups in total. The largest absolute Gasteiger partial charge is 0.393 e. The van der Waals surface area contributed by atoms with E-state index >= 15 is 0 Å². The van der Waals surface area contributed by atoms with Gasteiger partial charge in [0.2, 0.25) is 0 Å². The fourth-order valence-electron chi connectivity index (χ4n) is 3.94. The van der Waals surface area contributed by atoms with Gasteiger partial charge in [0.1, 0.15) is 0 Å². The topological polar surface area (TPSA) is 20.2 Å². The molecule has 100 valence electrons. The Hall–Kier alpha value is -0.0400. The first kappa shape index (κ1) is 13.4. The van der Waals surface area contributed by atoms with E-state index in [1.54, 1.807) is 0 Å². The second-order valence-corrected chi connectivity index (χ2v) is 7.09. The molecule has 1 heteroatoms. The average molecular weight is 238 g/mol. The van der Waals surface area contributed by atoms with Crippen LogP contribution >= 0.6 is 0 Å². The predicted molar refractivity (Wildman–Crippen MR) is 72.8 cm³/mol. The zero-order valence-corrected chi connectivity index (χ0v) is 11.9. The summed E-state index contributed by atoms with van der Waals surface area (Å²) in [6.45, 7) is 7.03. The normalized spacial score (nSPS) is 48.0. The maximum atomic E-state index is 9.97. The van der Waals surface area contributed by atoms with Crippen molar-refractivity contribution in [3.63, 3.8) is 0 Å². The number of hydrogen-bond acceptors (Lipinski definition) is 1. The molecule has 17 heavy (non-hydrogen) atoms. The Kier molecular flexibility index (Phi) is 4.52. The Morgan fingerprint density at radius 1 is 0.765 bits per heavy atom. The highest BCUT2D eigenvalue weighted by Crippen LogP contribution is 2.40. The zero-order valence-electron chi connectivity index (χ0n) is 11.9. The van der Waals surface area contributed by atoms with Gasteiger partial charge in [-0.3, -0.25) is 0 Å². The van der Waals surface area contributed by atoms with Crippen molar-refractivity contribution in [3.05, 3.63) is 0 Å². The van der Waals surface area contributed by atoms with Crippen LogP contribution in [0.25, 0.3) is 0 Å². The molecule has 0 aromatic heterocycles. The fraction of sp³-hybridized carbons (Fsp3) is 1.00. The maximum absolute atomic E-state index is 9.97. The van der Waals surface area contributed by atoms with E-state index in [4.69, 9.17) is 0 Å². The molecule has 2 rings (SSSR count). The van der Waals surface area contributed by atoms with Crippen LogP contribution in [0.5, 0.6) is 0 Å². The lowest BCUT2D eigenvalue weighted by Gasteiger charge is -2.37. The molecule has 6 atom stereocenters. The lowest BCUT2D eigenvalue weighted by atomic mass is 9.70. The highest BCUT2D eigenvalue weighted by atomic mass is 16.3. The van der Waals surface area contributed by atoms with Gasteiger partial charge in [0.25, 0.3) is 0 Å². The van der Waals surface area contributed by atoms with E-state index < -0.39 is 0 Å². The first-order valence-electron chi connectivity index (χ1n) is 7.74. The first-order chi connectivity index (χ1) is 8.06. The average Bonchev–Trinajstić information content (AvgIpc) is 2.29. The lowest BCUT2D eigenvalue weighted by molar-refractivity contribution is 0.0417. The van der Waals surface area contributed by atoms with E-state index in [0.29, 0.717) is 5.92 Å². The van der Waals surface area contributed by atoms with Gasteiger partial charge < -0.3 is 5.11 Å². The molecule has 0 amide bonds. The molecule has 6 unspecified atom stereocenters. The Bertz CT molecular complexity index is 214. The van der Waals surface area contributed by atoms with E-state index in [0.717, 1.165) is 30.1 Å². The SMILES string of the molecule is CC1CCC(CC2CCC(C)C(O)C2)CC1C. The highest BCUT2D eigenvalue weighted by Gasteiger charge is 2.30. The fourth-order valence-corrected chi connectivity index (χ4v) is 3.94. The molecule has 2 saturated carbocycles. The second kappa shape index (κ2) is 5.73. The van der Waals surface area contributed by atoms with E-state index in [-0.39, 0.29) is 6.10 Å². The molecule has 0 aromatic carbocycles. The van der Waals surface area contributed by atoms with Crippen LogP contribution < -0.4 is 0 Å². The van der Waals surface area contributed by atoms with Crippen molar-refractivity contribution >= 4 is 0 Å². The summed E-state index contributed by atoms with van der Waals surface area (Å²) in [5.74, 6) is 4.15. The monoisotopic (exact) mass is 238 g/mol. The van der Waals surface area contributed by atoms with Gasteiger partial charge in [-0.1, -0.05) is 33.6 Å². The molecular formula is C16H30O. The minimum Gasteiger partial charge on any atom is -0.393 e. The van der Waals surface area contributed by atoms with Gasteiger partial charge in [-0.05, 0) is 61.7 Å². The van der Waals surface area contributed by atoms with Crippen LogP contribution in [0.2, 0.25) is 0 Å². The van der Waals surface area contributed by atoms with Crippen LogP contribution in [0.1, 0.15) is 65.7 Å². The van der Waals surface area contributed by atoms with Crippen molar-refractivity contribution in [2.24, 2.45) is 29.6 Å². The Morgan fingerprint density at radius 3 is 1.94 bits per heavy atom. The highest BCUT2D eigenvalue weighted by molar-refractivity contribution is 4.82. The summed E-state index contributed by atoms with van der Waals surface area (Å²) in [6.07, 6.45) is 9.34. The predicted octanol–water partition coefficient (Wildman–Crippen LogP) is 4.25. The molecule has 2 fully saturated rings. The molecule has 0 aliphatic heterocycles. The molecule has 0 spiro atoms. The van der Waals surface area contributed by atoms with Crippen molar-refractivity contribution in [2.75, 3.05) is 0 Å². The first-order valence-corrected chi connectivity index (χ1v) is 7.74. The van der Waals surface area contributed by atoms with Crippen molar-refractivity contribution in [1.82, 2.24) is 0 Å². The number of hydrogen-bond donors (Lipinski definition) is 1. The summed E-state index contributed by atoms with van der Waals surface area (Å²) >= 11 is 0. The number of aliphatic hydroxyl groups is 1. The van der Waals surface area contributed by atoms with E-state index in [1.165, 1.54) is 38.5 Å². The van der Waals surface area contributed by atoms with Gasteiger partial charge in [-0.2, -0.15) is 0 Å². The van der Waals surface area contributed by atoms with Gasteiger partial charge in [0.05, 0.1) is 6.10 Å². The van der Waals surface area contributed by atoms with Crippen molar-refractivity contribution in [1.29, 1.82) is 0 Å². The molecule has 0 saturated heterocycles. The molecule has 0 aromatic rings. The van der Waals surface area contributed by atoms with Crippen LogP contribution in [0, 0.1) is 29.6 Å². The minimum atomic E-state index is -0.0197. The molecule has 0 bridgehead atoms. The molecule has 0 heterocycles. The standard InChI is InChI=1S/C16H30O/c1-11-4-6-14(8-13(11)3)9-15-7-5-12(2)16(17)10-15/h11-17H,4-10H2,1-3H3. The summed E-state index contributed by atoms with van der Waals surface area (Å²) in [5, 5.41) is 9.97. The molecule has 1 nitrogen and oxygen atoms in total. The molecule has 0 radical (unpaired) electrons. The van der Waals surface area contributed by atoms with Crippen molar-refractivity contribution < 1.29 is 5.11 Å². The summed E-state index contributed by atoms with van der Waals surface area (Å²) in [6, 6.07) is 0.